The summed E-state index contributed by atoms with van der Waals surface area (Å²) in [6, 6.07) is 5.09. The lowest BCUT2D eigenvalue weighted by molar-refractivity contribution is -0.0589. The minimum absolute atomic E-state index is 0.325. The third-order valence-corrected chi connectivity index (χ3v) is 4.05. The highest BCUT2D eigenvalue weighted by Gasteiger charge is 2.36. The van der Waals surface area contributed by atoms with Gasteiger partial charge in [-0.25, -0.2) is 0 Å². The number of hydrogen-bond donors (Lipinski definition) is 2. The summed E-state index contributed by atoms with van der Waals surface area (Å²) in [4.78, 5) is 14.1. The number of aliphatic hydroxyl groups is 1. The number of hydrogen-bond acceptors (Lipinski definition) is 4. The highest BCUT2D eigenvalue weighted by molar-refractivity contribution is 14.1. The molecule has 1 atom stereocenters. The molecule has 1 aromatic rings. The van der Waals surface area contributed by atoms with E-state index in [2.05, 4.69) is 22.6 Å². The fourth-order valence-electron chi connectivity index (χ4n) is 1.94. The molecular formula is C13H19IN2O2. The Labute approximate surface area is 121 Å². The molecular weight excluding hydrogens is 343 g/mol. The van der Waals surface area contributed by atoms with Gasteiger partial charge in [0.1, 0.15) is 0 Å². The fourth-order valence-corrected chi connectivity index (χ4v) is 2.28. The molecule has 0 amide bonds. The van der Waals surface area contributed by atoms with Crippen molar-refractivity contribution < 1.29 is 9.90 Å². The van der Waals surface area contributed by atoms with Crippen molar-refractivity contribution in [3.8, 4) is 0 Å². The lowest BCUT2D eigenvalue weighted by atomic mass is 10.00. The Balaban J connectivity index is 3.09. The average molecular weight is 362 g/mol. The molecule has 0 saturated carbocycles. The SMILES string of the molecule is CCN(CC)C(C)(O)C(=O)c1ccc(I)c(N)c1. The highest BCUT2D eigenvalue weighted by Crippen LogP contribution is 2.22. The molecule has 100 valence electrons. The number of benzene rings is 1. The van der Waals surface area contributed by atoms with Gasteiger partial charge >= 0.3 is 0 Å². The van der Waals surface area contributed by atoms with Gasteiger partial charge in [0.15, 0.2) is 5.72 Å². The number of nitrogens with zero attached hydrogens (tertiary/aromatic N) is 1. The summed E-state index contributed by atoms with van der Waals surface area (Å²) in [6.07, 6.45) is 0. The smallest absolute Gasteiger partial charge is 0.209 e. The number of nitrogens with two attached hydrogens (primary N) is 1. The molecule has 0 bridgehead atoms. The largest absolute Gasteiger partial charge is 0.398 e. The van der Waals surface area contributed by atoms with Crippen LogP contribution in [0.2, 0.25) is 0 Å². The molecule has 1 unspecified atom stereocenters. The first-order valence-corrected chi connectivity index (χ1v) is 6.99. The van der Waals surface area contributed by atoms with Crippen LogP contribution in [0.5, 0.6) is 0 Å². The van der Waals surface area contributed by atoms with Crippen molar-refractivity contribution >= 4 is 34.1 Å². The van der Waals surface area contributed by atoms with E-state index >= 15 is 0 Å². The predicted octanol–water partition coefficient (Wildman–Crippen LogP) is 2.11. The Morgan fingerprint density at radius 1 is 1.44 bits per heavy atom. The van der Waals surface area contributed by atoms with Crippen LogP contribution in [0.4, 0.5) is 5.69 Å². The standard InChI is InChI=1S/C13H19IN2O2/c1-4-16(5-2)13(3,18)12(17)9-6-7-10(14)11(15)8-9/h6-8,18H,4-5,15H2,1-3H3. The summed E-state index contributed by atoms with van der Waals surface area (Å²) < 4.78 is 0.895. The summed E-state index contributed by atoms with van der Waals surface area (Å²) >= 11 is 2.10. The van der Waals surface area contributed by atoms with Gasteiger partial charge in [-0.2, -0.15) is 0 Å². The molecule has 0 aromatic heterocycles. The van der Waals surface area contributed by atoms with E-state index in [4.69, 9.17) is 5.73 Å². The average Bonchev–Trinajstić information content (AvgIpc) is 2.33. The van der Waals surface area contributed by atoms with E-state index in [1.807, 2.05) is 13.8 Å². The van der Waals surface area contributed by atoms with Gasteiger partial charge in [0.25, 0.3) is 0 Å². The molecule has 0 aliphatic rings. The van der Waals surface area contributed by atoms with Crippen molar-refractivity contribution in [2.45, 2.75) is 26.5 Å². The Morgan fingerprint density at radius 2 is 2.00 bits per heavy atom. The van der Waals surface area contributed by atoms with E-state index in [0.29, 0.717) is 24.3 Å². The number of carbonyl (C=O) groups is 1. The predicted molar refractivity (Wildman–Crippen MR) is 81.4 cm³/mol. The first-order valence-electron chi connectivity index (χ1n) is 5.91. The maximum absolute atomic E-state index is 12.3. The number of nitrogen functional groups attached to an aromatic ring is 1. The minimum atomic E-state index is -1.50. The van der Waals surface area contributed by atoms with Gasteiger partial charge in [0.05, 0.1) is 0 Å². The van der Waals surface area contributed by atoms with Crippen molar-refractivity contribution in [2.24, 2.45) is 0 Å². The van der Waals surface area contributed by atoms with Crippen LogP contribution in [0.15, 0.2) is 18.2 Å². The van der Waals surface area contributed by atoms with Crippen LogP contribution in [0.1, 0.15) is 31.1 Å². The molecule has 0 aliphatic heterocycles. The van der Waals surface area contributed by atoms with Gasteiger partial charge in [-0.3, -0.25) is 9.69 Å². The first-order chi connectivity index (χ1) is 8.34. The Morgan fingerprint density at radius 3 is 2.44 bits per heavy atom. The number of Topliss-reactive ketones (excluding diaryl/α,β-unsaturated/α-hetero) is 1. The van der Waals surface area contributed by atoms with Gasteiger partial charge < -0.3 is 10.8 Å². The molecule has 4 nitrogen and oxygen atoms in total. The molecule has 18 heavy (non-hydrogen) atoms. The quantitative estimate of drug-likeness (QED) is 0.364. The summed E-state index contributed by atoms with van der Waals surface area (Å²) in [5.41, 5.74) is 5.28. The molecule has 5 heteroatoms. The fraction of sp³-hybridized carbons (Fsp3) is 0.462. The van der Waals surface area contributed by atoms with Gasteiger partial charge in [-0.15, -0.1) is 0 Å². The van der Waals surface area contributed by atoms with Crippen LogP contribution in [0.25, 0.3) is 0 Å². The van der Waals surface area contributed by atoms with Crippen LogP contribution in [0.3, 0.4) is 0 Å². The van der Waals surface area contributed by atoms with Crippen molar-refractivity contribution in [2.75, 3.05) is 18.8 Å². The van der Waals surface area contributed by atoms with Gasteiger partial charge in [0.2, 0.25) is 5.78 Å². The third-order valence-electron chi connectivity index (χ3n) is 3.07. The summed E-state index contributed by atoms with van der Waals surface area (Å²) in [5.74, 6) is -0.325. The van der Waals surface area contributed by atoms with Crippen molar-refractivity contribution in [3.05, 3.63) is 27.3 Å². The normalized spacial score (nSPS) is 14.6. The molecule has 0 saturated heterocycles. The van der Waals surface area contributed by atoms with Gasteiger partial charge in [-0.05, 0) is 54.7 Å². The molecule has 0 fully saturated rings. The zero-order valence-corrected chi connectivity index (χ0v) is 13.1. The lowest BCUT2D eigenvalue weighted by Crippen LogP contribution is -2.52. The monoisotopic (exact) mass is 362 g/mol. The second-order valence-electron chi connectivity index (χ2n) is 4.26. The number of anilines is 1. The molecule has 1 aromatic carbocycles. The number of rotatable bonds is 5. The molecule has 3 N–H and O–H groups in total. The maximum Gasteiger partial charge on any atom is 0.209 e. The van der Waals surface area contributed by atoms with Crippen LogP contribution >= 0.6 is 22.6 Å². The van der Waals surface area contributed by atoms with Crippen LogP contribution in [0, 0.1) is 3.57 Å². The van der Waals surface area contributed by atoms with Gasteiger partial charge in [-0.1, -0.05) is 19.9 Å². The number of halogens is 1. The summed E-state index contributed by atoms with van der Waals surface area (Å²) in [6.45, 7) is 6.56. The zero-order valence-electron chi connectivity index (χ0n) is 10.9. The van der Waals surface area contributed by atoms with E-state index in [1.54, 1.807) is 23.1 Å². The Bertz CT molecular complexity index is 443. The van der Waals surface area contributed by atoms with E-state index in [1.165, 1.54) is 6.92 Å². The second-order valence-corrected chi connectivity index (χ2v) is 5.42. The van der Waals surface area contributed by atoms with E-state index < -0.39 is 5.72 Å². The van der Waals surface area contributed by atoms with E-state index in [0.717, 1.165) is 3.57 Å². The molecule has 1 rings (SSSR count). The van der Waals surface area contributed by atoms with Crippen LogP contribution in [-0.4, -0.2) is 34.6 Å². The van der Waals surface area contributed by atoms with Crippen LogP contribution < -0.4 is 5.73 Å². The molecule has 0 heterocycles. The first kappa shape index (κ1) is 15.4. The summed E-state index contributed by atoms with van der Waals surface area (Å²) in [5, 5.41) is 10.4. The Hall–Kier alpha value is -0.660. The minimum Gasteiger partial charge on any atom is -0.398 e. The van der Waals surface area contributed by atoms with Gasteiger partial charge in [0, 0.05) is 14.8 Å². The van der Waals surface area contributed by atoms with E-state index in [9.17, 15) is 9.90 Å². The lowest BCUT2D eigenvalue weighted by Gasteiger charge is -2.34. The maximum atomic E-state index is 12.3. The second kappa shape index (κ2) is 5.99. The molecule has 0 aliphatic carbocycles. The molecule has 0 radical (unpaired) electrons. The zero-order chi connectivity index (χ0) is 13.9. The van der Waals surface area contributed by atoms with Crippen molar-refractivity contribution in [3.63, 3.8) is 0 Å². The molecule has 0 spiro atoms. The highest BCUT2D eigenvalue weighted by atomic mass is 127. The van der Waals surface area contributed by atoms with Crippen molar-refractivity contribution in [1.29, 1.82) is 0 Å². The van der Waals surface area contributed by atoms with Crippen molar-refractivity contribution in [1.82, 2.24) is 4.90 Å². The number of ketones is 1. The van der Waals surface area contributed by atoms with Crippen LogP contribution in [-0.2, 0) is 0 Å². The Kier molecular flexibility index (Phi) is 5.12. The topological polar surface area (TPSA) is 66.6 Å². The third kappa shape index (κ3) is 3.02. The van der Waals surface area contributed by atoms with E-state index in [-0.39, 0.29) is 5.78 Å². The number of likely N-dealkylation sites (N-methyl/N-ethyl adjacent to an activating group) is 1. The summed E-state index contributed by atoms with van der Waals surface area (Å²) in [7, 11) is 0. The number of carbonyl (C=O) groups excluding carboxylic acids is 1.